The number of anilines is 1. The summed E-state index contributed by atoms with van der Waals surface area (Å²) in [6.07, 6.45) is 1.73. The molecule has 1 heterocycles. The summed E-state index contributed by atoms with van der Waals surface area (Å²) < 4.78 is 37.3. The topological polar surface area (TPSA) is 111 Å². The molecule has 0 bridgehead atoms. The third-order valence-electron chi connectivity index (χ3n) is 3.64. The molecule has 0 unspecified atom stereocenters. The van der Waals surface area contributed by atoms with Crippen LogP contribution in [0.15, 0.2) is 52.0 Å². The Kier molecular flexibility index (Phi) is 5.17. The standard InChI is InChI=1S/C17H17N3O5S/c1-2-3-11-24-17(21)12-7-9-13(10-8-12)20-26(22,23)15-6-4-5-14-16(15)19-25-18-14/h4-10,20H,2-3,11H2,1H3. The van der Waals surface area contributed by atoms with Crippen molar-refractivity contribution >= 4 is 32.7 Å². The molecule has 26 heavy (non-hydrogen) atoms. The van der Waals surface area contributed by atoms with Gasteiger partial charge in [-0.3, -0.25) is 4.72 Å². The van der Waals surface area contributed by atoms with E-state index in [0.717, 1.165) is 12.8 Å². The molecule has 0 saturated heterocycles. The summed E-state index contributed by atoms with van der Waals surface area (Å²) >= 11 is 0. The SMILES string of the molecule is CCCCOC(=O)c1ccc(NS(=O)(=O)c2cccc3nonc23)cc1. The molecule has 0 fully saturated rings. The Morgan fingerprint density at radius 2 is 1.92 bits per heavy atom. The molecule has 0 aliphatic carbocycles. The van der Waals surface area contributed by atoms with Gasteiger partial charge < -0.3 is 4.74 Å². The van der Waals surface area contributed by atoms with Gasteiger partial charge in [-0.05, 0) is 53.1 Å². The molecule has 1 N–H and O–H groups in total. The third-order valence-corrected chi connectivity index (χ3v) is 5.06. The minimum Gasteiger partial charge on any atom is -0.462 e. The van der Waals surface area contributed by atoms with Gasteiger partial charge in [0, 0.05) is 5.69 Å². The number of ether oxygens (including phenoxy) is 1. The number of esters is 1. The van der Waals surface area contributed by atoms with Gasteiger partial charge in [0.25, 0.3) is 10.0 Å². The molecule has 3 rings (SSSR count). The van der Waals surface area contributed by atoms with E-state index in [1.54, 1.807) is 12.1 Å². The lowest BCUT2D eigenvalue weighted by atomic mass is 10.2. The summed E-state index contributed by atoms with van der Waals surface area (Å²) in [6, 6.07) is 10.6. The van der Waals surface area contributed by atoms with Crippen LogP contribution in [0.25, 0.3) is 11.0 Å². The number of nitrogens with one attached hydrogen (secondary N) is 1. The van der Waals surface area contributed by atoms with E-state index in [1.165, 1.54) is 30.3 Å². The van der Waals surface area contributed by atoms with Gasteiger partial charge in [0.2, 0.25) is 0 Å². The number of fused-ring (bicyclic) bond motifs is 1. The van der Waals surface area contributed by atoms with Crippen LogP contribution in [0, 0.1) is 0 Å². The van der Waals surface area contributed by atoms with Crippen molar-refractivity contribution in [3.63, 3.8) is 0 Å². The van der Waals surface area contributed by atoms with Gasteiger partial charge in [-0.15, -0.1) is 0 Å². The van der Waals surface area contributed by atoms with Crippen LogP contribution in [0.1, 0.15) is 30.1 Å². The van der Waals surface area contributed by atoms with Gasteiger partial charge >= 0.3 is 5.97 Å². The summed E-state index contributed by atoms with van der Waals surface area (Å²) in [5.74, 6) is -0.439. The summed E-state index contributed by atoms with van der Waals surface area (Å²) in [4.78, 5) is 11.8. The molecule has 0 aliphatic rings. The molecule has 2 aromatic carbocycles. The van der Waals surface area contributed by atoms with E-state index >= 15 is 0 Å². The molecule has 0 amide bonds. The predicted octanol–water partition coefficient (Wildman–Crippen LogP) is 2.98. The van der Waals surface area contributed by atoms with Crippen molar-refractivity contribution in [1.82, 2.24) is 10.3 Å². The molecule has 0 atom stereocenters. The van der Waals surface area contributed by atoms with Crippen molar-refractivity contribution in [1.29, 1.82) is 0 Å². The highest BCUT2D eigenvalue weighted by molar-refractivity contribution is 7.93. The van der Waals surface area contributed by atoms with Gasteiger partial charge in [0.1, 0.15) is 10.4 Å². The van der Waals surface area contributed by atoms with Crippen LogP contribution in [-0.2, 0) is 14.8 Å². The first-order valence-electron chi connectivity index (χ1n) is 8.02. The Morgan fingerprint density at radius 3 is 2.65 bits per heavy atom. The van der Waals surface area contributed by atoms with Crippen molar-refractivity contribution in [2.45, 2.75) is 24.7 Å². The van der Waals surface area contributed by atoms with Crippen LogP contribution in [0.5, 0.6) is 0 Å². The van der Waals surface area contributed by atoms with E-state index in [-0.39, 0.29) is 10.4 Å². The summed E-state index contributed by atoms with van der Waals surface area (Å²) in [6.45, 7) is 2.36. The van der Waals surface area contributed by atoms with Crippen molar-refractivity contribution < 1.29 is 22.6 Å². The molecule has 3 aromatic rings. The van der Waals surface area contributed by atoms with Crippen LogP contribution < -0.4 is 4.72 Å². The van der Waals surface area contributed by atoms with E-state index in [4.69, 9.17) is 4.74 Å². The van der Waals surface area contributed by atoms with Crippen LogP contribution in [0.4, 0.5) is 5.69 Å². The molecular formula is C17H17N3O5S. The second-order valence-electron chi connectivity index (χ2n) is 5.56. The zero-order valence-electron chi connectivity index (χ0n) is 14.0. The fourth-order valence-corrected chi connectivity index (χ4v) is 3.49. The van der Waals surface area contributed by atoms with E-state index < -0.39 is 16.0 Å². The molecule has 0 radical (unpaired) electrons. The number of carbonyl (C=O) groups excluding carboxylic acids is 1. The summed E-state index contributed by atoms with van der Waals surface area (Å²) in [5.41, 5.74) is 1.16. The fraction of sp³-hybridized carbons (Fsp3) is 0.235. The molecule has 0 aliphatic heterocycles. The maximum atomic E-state index is 12.6. The van der Waals surface area contributed by atoms with Crippen LogP contribution in [0.2, 0.25) is 0 Å². The minimum absolute atomic E-state index is 0.0423. The third kappa shape index (κ3) is 3.83. The monoisotopic (exact) mass is 375 g/mol. The van der Waals surface area contributed by atoms with Gasteiger partial charge in [-0.2, -0.15) is 0 Å². The molecule has 136 valence electrons. The molecule has 1 aromatic heterocycles. The number of nitrogens with zero attached hydrogens (tertiary/aromatic N) is 2. The summed E-state index contributed by atoms with van der Waals surface area (Å²) in [5, 5.41) is 7.26. The lowest BCUT2D eigenvalue weighted by Crippen LogP contribution is -2.13. The van der Waals surface area contributed by atoms with E-state index in [2.05, 4.69) is 19.7 Å². The van der Waals surface area contributed by atoms with Crippen LogP contribution >= 0.6 is 0 Å². The normalized spacial score (nSPS) is 11.4. The second-order valence-corrected chi connectivity index (χ2v) is 7.21. The lowest BCUT2D eigenvalue weighted by molar-refractivity contribution is 0.0500. The first-order valence-corrected chi connectivity index (χ1v) is 9.51. The Morgan fingerprint density at radius 1 is 1.15 bits per heavy atom. The number of hydrogen-bond donors (Lipinski definition) is 1. The Bertz CT molecular complexity index is 1010. The maximum Gasteiger partial charge on any atom is 0.338 e. The number of hydrogen-bond acceptors (Lipinski definition) is 7. The fourth-order valence-electron chi connectivity index (χ4n) is 2.28. The molecular weight excluding hydrogens is 358 g/mol. The smallest absolute Gasteiger partial charge is 0.338 e. The first kappa shape index (κ1) is 17.9. The molecule has 0 saturated carbocycles. The Balaban J connectivity index is 1.76. The van der Waals surface area contributed by atoms with Gasteiger partial charge in [-0.1, -0.05) is 19.4 Å². The zero-order chi connectivity index (χ0) is 18.6. The lowest BCUT2D eigenvalue weighted by Gasteiger charge is -2.09. The second kappa shape index (κ2) is 7.52. The first-order chi connectivity index (χ1) is 12.5. The number of carbonyl (C=O) groups is 1. The highest BCUT2D eigenvalue weighted by Gasteiger charge is 2.20. The molecule has 0 spiro atoms. The zero-order valence-corrected chi connectivity index (χ0v) is 14.8. The number of unbranched alkanes of at least 4 members (excludes halogenated alkanes) is 1. The summed E-state index contributed by atoms with van der Waals surface area (Å²) in [7, 11) is -3.89. The molecule has 8 nitrogen and oxygen atoms in total. The largest absolute Gasteiger partial charge is 0.462 e. The predicted molar refractivity (Wildman–Crippen MR) is 94.2 cm³/mol. The average Bonchev–Trinajstić information content (AvgIpc) is 3.10. The van der Waals surface area contributed by atoms with Gasteiger partial charge in [-0.25, -0.2) is 17.8 Å². The molecule has 9 heteroatoms. The number of rotatable bonds is 7. The average molecular weight is 375 g/mol. The van der Waals surface area contributed by atoms with E-state index in [1.807, 2.05) is 6.92 Å². The Hall–Kier alpha value is -2.94. The van der Waals surface area contributed by atoms with E-state index in [0.29, 0.717) is 23.4 Å². The number of benzene rings is 2. The van der Waals surface area contributed by atoms with Crippen molar-refractivity contribution in [2.75, 3.05) is 11.3 Å². The number of sulfonamides is 1. The van der Waals surface area contributed by atoms with Crippen molar-refractivity contribution in [3.8, 4) is 0 Å². The Labute approximate surface area is 150 Å². The maximum absolute atomic E-state index is 12.6. The van der Waals surface area contributed by atoms with Crippen LogP contribution in [-0.4, -0.2) is 31.3 Å². The minimum atomic E-state index is -3.89. The van der Waals surface area contributed by atoms with Gasteiger partial charge in [0.15, 0.2) is 5.52 Å². The highest BCUT2D eigenvalue weighted by atomic mass is 32.2. The van der Waals surface area contributed by atoms with Crippen LogP contribution in [0.3, 0.4) is 0 Å². The van der Waals surface area contributed by atoms with Gasteiger partial charge in [0.05, 0.1) is 12.2 Å². The van der Waals surface area contributed by atoms with Crippen molar-refractivity contribution in [2.24, 2.45) is 0 Å². The highest BCUT2D eigenvalue weighted by Crippen LogP contribution is 2.22. The quantitative estimate of drug-likeness (QED) is 0.499. The van der Waals surface area contributed by atoms with E-state index in [9.17, 15) is 13.2 Å². The van der Waals surface area contributed by atoms with Crippen molar-refractivity contribution in [3.05, 3.63) is 48.0 Å². The number of aromatic nitrogens is 2.